The molecule has 352 valence electrons. The Labute approximate surface area is 396 Å². The molecule has 0 atom stereocenters. The molecule has 10 aromatic heterocycles. The van der Waals surface area contributed by atoms with E-state index in [4.69, 9.17) is 0 Å². The zero-order valence-electron chi connectivity index (χ0n) is 42.9. The van der Waals surface area contributed by atoms with Crippen molar-refractivity contribution in [3.8, 4) is 0 Å². The average molecular weight is 902 g/mol. The Bertz CT molecular complexity index is 2990. The molecule has 0 spiro atoms. The highest BCUT2D eigenvalue weighted by Gasteiger charge is 2.23. The number of imidazole rings is 2. The molecule has 0 N–H and O–H groups in total. The fraction of sp³-hybridized carbons (Fsp3) is 0.407. The lowest BCUT2D eigenvalue weighted by Gasteiger charge is -2.17. The first-order valence-corrected chi connectivity index (χ1v) is 23.0. The van der Waals surface area contributed by atoms with Gasteiger partial charge in [-0.05, 0) is 71.8 Å². The van der Waals surface area contributed by atoms with Crippen LogP contribution in [0.15, 0.2) is 123 Å². The van der Waals surface area contributed by atoms with Gasteiger partial charge < -0.3 is 8.80 Å². The van der Waals surface area contributed by atoms with Gasteiger partial charge in [0.25, 0.3) is 0 Å². The fourth-order valence-electron chi connectivity index (χ4n) is 7.59. The molecule has 67 heavy (non-hydrogen) atoms. The molecule has 0 saturated carbocycles. The highest BCUT2D eigenvalue weighted by Crippen LogP contribution is 2.29. The molecule has 13 heteroatoms. The number of aromatic nitrogens is 13. The molecule has 10 rings (SSSR count). The predicted molar refractivity (Wildman–Crippen MR) is 273 cm³/mol. The smallest absolute Gasteiger partial charge is 0.157 e. The molecule has 0 amide bonds. The molecular formula is C54H71N13. The van der Waals surface area contributed by atoms with E-state index in [1.807, 2.05) is 89.8 Å². The molecule has 0 unspecified atom stereocenters. The van der Waals surface area contributed by atoms with Crippen molar-refractivity contribution in [1.82, 2.24) is 63.0 Å². The van der Waals surface area contributed by atoms with Crippen LogP contribution in [0.25, 0.3) is 33.4 Å². The van der Waals surface area contributed by atoms with Gasteiger partial charge in [-0.1, -0.05) is 110 Å². The number of aryl methyl sites for hydroxylation is 2. The van der Waals surface area contributed by atoms with Gasteiger partial charge in [0.15, 0.2) is 5.65 Å². The Kier molecular flexibility index (Phi) is 14.3. The summed E-state index contributed by atoms with van der Waals surface area (Å²) in [6.45, 7) is 34.9. The number of rotatable bonds is 0. The van der Waals surface area contributed by atoms with E-state index in [0.717, 1.165) is 39.1 Å². The Hall–Kier alpha value is -6.76. The van der Waals surface area contributed by atoms with Crippen molar-refractivity contribution in [2.45, 2.75) is 138 Å². The molecular weight excluding hydrogens is 831 g/mol. The van der Waals surface area contributed by atoms with Gasteiger partial charge in [-0.25, -0.2) is 19.5 Å². The molecule has 0 aliphatic rings. The van der Waals surface area contributed by atoms with E-state index in [1.54, 1.807) is 23.2 Å². The number of hydrogen-bond donors (Lipinski definition) is 0. The third kappa shape index (κ3) is 11.8. The van der Waals surface area contributed by atoms with E-state index in [2.05, 4.69) is 191 Å². The maximum Gasteiger partial charge on any atom is 0.157 e. The second-order valence-corrected chi connectivity index (χ2v) is 22.2. The molecule has 10 heterocycles. The van der Waals surface area contributed by atoms with Crippen LogP contribution < -0.4 is 0 Å². The molecule has 0 aromatic carbocycles. The number of nitrogens with zero attached hydrogens (tertiary/aromatic N) is 13. The van der Waals surface area contributed by atoms with Crippen LogP contribution in [0.1, 0.15) is 138 Å². The van der Waals surface area contributed by atoms with Crippen molar-refractivity contribution in [1.29, 1.82) is 0 Å². The van der Waals surface area contributed by atoms with E-state index >= 15 is 0 Å². The molecule has 0 fully saturated rings. The van der Waals surface area contributed by atoms with Crippen LogP contribution in [0.3, 0.4) is 0 Å². The largest absolute Gasteiger partial charge is 0.304 e. The summed E-state index contributed by atoms with van der Waals surface area (Å²) in [6.07, 6.45) is 20.9. The maximum atomic E-state index is 4.52. The minimum atomic E-state index is 0.0720. The van der Waals surface area contributed by atoms with Gasteiger partial charge in [0.05, 0.1) is 35.3 Å². The van der Waals surface area contributed by atoms with Gasteiger partial charge in [-0.15, -0.1) is 0 Å². The Balaban J connectivity index is 0.000000138. The molecule has 13 nitrogen and oxygen atoms in total. The van der Waals surface area contributed by atoms with E-state index in [9.17, 15) is 0 Å². The Morgan fingerprint density at radius 2 is 1.09 bits per heavy atom. The number of hydrogen-bond acceptors (Lipinski definition) is 8. The average Bonchev–Trinajstić information content (AvgIpc) is 4.09. The number of pyridine rings is 3. The van der Waals surface area contributed by atoms with Crippen molar-refractivity contribution < 1.29 is 0 Å². The monoisotopic (exact) mass is 902 g/mol. The Morgan fingerprint density at radius 3 is 1.73 bits per heavy atom. The van der Waals surface area contributed by atoms with Crippen LogP contribution >= 0.6 is 0 Å². The van der Waals surface area contributed by atoms with Crippen molar-refractivity contribution in [3.05, 3.63) is 157 Å². The van der Waals surface area contributed by atoms with E-state index in [-0.39, 0.29) is 27.1 Å². The van der Waals surface area contributed by atoms with Crippen molar-refractivity contribution >= 4 is 33.4 Å². The predicted octanol–water partition coefficient (Wildman–Crippen LogP) is 11.9. The quantitative estimate of drug-likeness (QED) is 0.147. The molecule has 10 aromatic rings. The van der Waals surface area contributed by atoms with Crippen LogP contribution in [0.5, 0.6) is 0 Å². The summed E-state index contributed by atoms with van der Waals surface area (Å²) < 4.78 is 9.66. The van der Waals surface area contributed by atoms with E-state index in [0.29, 0.717) is 0 Å². The van der Waals surface area contributed by atoms with Crippen LogP contribution in [-0.2, 0) is 34.1 Å². The van der Waals surface area contributed by atoms with Crippen LogP contribution in [0.2, 0.25) is 0 Å². The lowest BCUT2D eigenvalue weighted by Crippen LogP contribution is -2.13. The summed E-state index contributed by atoms with van der Waals surface area (Å²) >= 11 is 0. The summed E-state index contributed by atoms with van der Waals surface area (Å²) in [7, 11) is 1.94. The lowest BCUT2D eigenvalue weighted by molar-refractivity contribution is 0.558. The van der Waals surface area contributed by atoms with Gasteiger partial charge >= 0.3 is 0 Å². The summed E-state index contributed by atoms with van der Waals surface area (Å²) in [5.74, 6) is 0. The van der Waals surface area contributed by atoms with E-state index in [1.165, 1.54) is 28.1 Å². The summed E-state index contributed by atoms with van der Waals surface area (Å²) in [4.78, 5) is 17.2. The third-order valence-electron chi connectivity index (χ3n) is 11.2. The van der Waals surface area contributed by atoms with Gasteiger partial charge in [0, 0.05) is 101 Å². The highest BCUT2D eigenvalue weighted by atomic mass is 15.4. The summed E-state index contributed by atoms with van der Waals surface area (Å²) in [6, 6.07) is 18.3. The summed E-state index contributed by atoms with van der Waals surface area (Å²) in [5.41, 5.74) is 13.2. The molecule has 0 radical (unpaired) electrons. The molecule has 0 bridgehead atoms. The lowest BCUT2D eigenvalue weighted by atomic mass is 9.88. The third-order valence-corrected chi connectivity index (χ3v) is 11.2. The summed E-state index contributed by atoms with van der Waals surface area (Å²) in [5, 5.41) is 18.2. The van der Waals surface area contributed by atoms with Crippen molar-refractivity contribution in [2.24, 2.45) is 7.05 Å². The topological polar surface area (TPSA) is 126 Å². The molecule has 0 aliphatic heterocycles. The first-order valence-electron chi connectivity index (χ1n) is 23.0. The van der Waals surface area contributed by atoms with Gasteiger partial charge in [0.1, 0.15) is 11.3 Å². The fourth-order valence-corrected chi connectivity index (χ4v) is 7.59. The zero-order chi connectivity index (χ0) is 49.1. The van der Waals surface area contributed by atoms with Gasteiger partial charge in [0.2, 0.25) is 0 Å². The maximum absolute atomic E-state index is 4.52. The van der Waals surface area contributed by atoms with E-state index < -0.39 is 0 Å². The first kappa shape index (κ1) is 49.7. The first-order chi connectivity index (χ1) is 31.2. The van der Waals surface area contributed by atoms with Crippen molar-refractivity contribution in [2.75, 3.05) is 0 Å². The second kappa shape index (κ2) is 19.2. The molecule has 0 saturated heterocycles. The minimum Gasteiger partial charge on any atom is -0.304 e. The standard InChI is InChI=1S/C12H16N2.C11H15N3.C11H14N2.2C10H13N3/c1-9-5-6-14-10(12(2,3)4)8-13-11(14)7-9;1-11(2,3)9-8-6-5-7-12-10(8)14(4)13-9;1-11(2,3)9-8-12-10-6-4-5-7-13(9)10;1-10(2,3)8-6-12-13-5-4-11-7-9(8)13;1-10(2,3)8-7-12-13-9(8)5-4-6-11-13/h5-8H,1-4H3;5-7H,1-4H3;4-8H,1-3H3;2*4-7H,1-3H3. The highest BCUT2D eigenvalue weighted by molar-refractivity contribution is 5.79. The van der Waals surface area contributed by atoms with Gasteiger partial charge in [-0.2, -0.15) is 25.0 Å². The van der Waals surface area contributed by atoms with Crippen LogP contribution in [0, 0.1) is 6.92 Å². The zero-order valence-corrected chi connectivity index (χ0v) is 42.9. The molecule has 0 aliphatic carbocycles. The normalized spacial score (nSPS) is 12.3. The van der Waals surface area contributed by atoms with Crippen molar-refractivity contribution in [3.63, 3.8) is 0 Å². The Morgan fingerprint density at radius 1 is 0.478 bits per heavy atom. The van der Waals surface area contributed by atoms with Gasteiger partial charge in [-0.3, -0.25) is 9.67 Å². The minimum absolute atomic E-state index is 0.0720. The van der Waals surface area contributed by atoms with Crippen LogP contribution in [-0.4, -0.2) is 63.0 Å². The SMILES string of the molecule is CC(C)(C)c1cnc2ccccn12.CC(C)(C)c1cnn2ccncc12.CC(C)(C)c1cnn2ncccc12.Cc1ccn2c(C(C)(C)C)cnc2c1.Cn1nc(C(C)(C)C)c2cccnc21. The number of fused-ring (bicyclic) bond motifs is 5. The van der Waals surface area contributed by atoms with Crippen LogP contribution in [0.4, 0.5) is 0 Å². The second-order valence-electron chi connectivity index (χ2n) is 22.2.